The molecule has 2 heterocycles. The maximum absolute atomic E-state index is 11.7. The zero-order chi connectivity index (χ0) is 12.3. The summed E-state index contributed by atoms with van der Waals surface area (Å²) in [5.74, 6) is 5.81. The number of hydrogen-bond donors (Lipinski definition) is 3. The molecular weight excluding hydrogens is 222 g/mol. The lowest BCUT2D eigenvalue weighted by Crippen LogP contribution is -2.14. The van der Waals surface area contributed by atoms with Gasteiger partial charge in [0, 0.05) is 6.07 Å². The fourth-order valence-electron chi connectivity index (χ4n) is 1.22. The molecule has 0 saturated carbocycles. The zero-order valence-corrected chi connectivity index (χ0v) is 9.10. The Labute approximate surface area is 97.0 Å². The van der Waals surface area contributed by atoms with Crippen LogP contribution in [0.2, 0.25) is 0 Å². The number of aryl methyl sites for hydroxylation is 1. The van der Waals surface area contributed by atoms with E-state index >= 15 is 0 Å². The van der Waals surface area contributed by atoms with Crippen LogP contribution in [0.1, 0.15) is 16.2 Å². The van der Waals surface area contributed by atoms with Gasteiger partial charge in [-0.3, -0.25) is 10.6 Å². The first-order valence-electron chi connectivity index (χ1n) is 4.86. The first-order chi connectivity index (χ1) is 8.19. The lowest BCUT2D eigenvalue weighted by atomic mass is 10.3. The van der Waals surface area contributed by atoms with Crippen LogP contribution in [-0.2, 0) is 0 Å². The third-order valence-corrected chi connectivity index (χ3v) is 2.03. The van der Waals surface area contributed by atoms with Crippen molar-refractivity contribution in [2.75, 3.05) is 10.7 Å². The quantitative estimate of drug-likeness (QED) is 0.537. The second-order valence-electron chi connectivity index (χ2n) is 3.35. The van der Waals surface area contributed by atoms with Gasteiger partial charge < -0.3 is 15.3 Å². The third-order valence-electron chi connectivity index (χ3n) is 2.03. The highest BCUT2D eigenvalue weighted by Crippen LogP contribution is 2.09. The number of nitrogens with zero attached hydrogens (tertiary/aromatic N) is 2. The topological polar surface area (TPSA) is 106 Å². The largest absolute Gasteiger partial charge is 0.360 e. The average Bonchev–Trinajstić information content (AvgIpc) is 2.75. The van der Waals surface area contributed by atoms with E-state index < -0.39 is 0 Å². The highest BCUT2D eigenvalue weighted by atomic mass is 16.5. The molecule has 2 rings (SSSR count). The molecule has 88 valence electrons. The number of hydrazine groups is 1. The molecule has 17 heavy (non-hydrogen) atoms. The van der Waals surface area contributed by atoms with Gasteiger partial charge in [0.2, 0.25) is 0 Å². The molecular formula is C10H11N5O2. The van der Waals surface area contributed by atoms with Gasteiger partial charge in [-0.05, 0) is 19.1 Å². The number of nitrogens with two attached hydrogens (primary N) is 1. The minimum Gasteiger partial charge on any atom is -0.360 e. The Morgan fingerprint density at radius 3 is 2.82 bits per heavy atom. The van der Waals surface area contributed by atoms with Gasteiger partial charge in [0.1, 0.15) is 11.5 Å². The molecule has 0 radical (unpaired) electrons. The Bertz CT molecular complexity index is 520. The first-order valence-corrected chi connectivity index (χ1v) is 4.86. The monoisotopic (exact) mass is 233 g/mol. The van der Waals surface area contributed by atoms with Crippen molar-refractivity contribution in [3.63, 3.8) is 0 Å². The van der Waals surface area contributed by atoms with Crippen LogP contribution in [0.25, 0.3) is 0 Å². The molecule has 0 aliphatic rings. The van der Waals surface area contributed by atoms with Crippen molar-refractivity contribution < 1.29 is 9.32 Å². The van der Waals surface area contributed by atoms with Gasteiger partial charge in [-0.25, -0.2) is 4.98 Å². The molecule has 2 aromatic rings. The number of aromatic nitrogens is 2. The minimum atomic E-state index is -0.359. The fourth-order valence-corrected chi connectivity index (χ4v) is 1.22. The van der Waals surface area contributed by atoms with Crippen LogP contribution in [0.15, 0.2) is 28.9 Å². The van der Waals surface area contributed by atoms with Gasteiger partial charge >= 0.3 is 0 Å². The van der Waals surface area contributed by atoms with E-state index in [1.165, 1.54) is 6.20 Å². The van der Waals surface area contributed by atoms with E-state index in [0.717, 1.165) is 0 Å². The standard InChI is InChI=1S/C10H11N5O2/c1-6-4-9(15-17-6)13-10(16)8-3-2-7(14-11)5-12-8/h2-5,14H,11H2,1H3,(H,13,15,16). The minimum absolute atomic E-state index is 0.268. The fraction of sp³-hybridized carbons (Fsp3) is 0.100. The Morgan fingerprint density at radius 2 is 2.29 bits per heavy atom. The molecule has 1 amide bonds. The number of nitrogens with one attached hydrogen (secondary N) is 2. The van der Waals surface area contributed by atoms with Crippen LogP contribution in [0.5, 0.6) is 0 Å². The summed E-state index contributed by atoms with van der Waals surface area (Å²) in [5.41, 5.74) is 3.32. The predicted molar refractivity (Wildman–Crippen MR) is 61.2 cm³/mol. The Morgan fingerprint density at radius 1 is 1.47 bits per heavy atom. The van der Waals surface area contributed by atoms with Crippen LogP contribution in [0.4, 0.5) is 11.5 Å². The molecule has 4 N–H and O–H groups in total. The number of amides is 1. The van der Waals surface area contributed by atoms with E-state index in [0.29, 0.717) is 17.3 Å². The van der Waals surface area contributed by atoms with Crippen molar-refractivity contribution in [3.05, 3.63) is 35.9 Å². The molecule has 0 fully saturated rings. The summed E-state index contributed by atoms with van der Waals surface area (Å²) in [6.45, 7) is 1.74. The number of rotatable bonds is 3. The summed E-state index contributed by atoms with van der Waals surface area (Å²) < 4.78 is 4.83. The summed E-state index contributed by atoms with van der Waals surface area (Å²) >= 11 is 0. The van der Waals surface area contributed by atoms with Crippen molar-refractivity contribution >= 4 is 17.4 Å². The highest BCUT2D eigenvalue weighted by Gasteiger charge is 2.09. The van der Waals surface area contributed by atoms with E-state index in [1.54, 1.807) is 25.1 Å². The molecule has 0 spiro atoms. The van der Waals surface area contributed by atoms with E-state index in [1.807, 2.05) is 0 Å². The normalized spacial score (nSPS) is 10.0. The Balaban J connectivity index is 2.09. The van der Waals surface area contributed by atoms with Crippen LogP contribution in [0, 0.1) is 6.92 Å². The van der Waals surface area contributed by atoms with Crippen LogP contribution in [-0.4, -0.2) is 16.0 Å². The summed E-state index contributed by atoms with van der Waals surface area (Å²) in [4.78, 5) is 15.7. The predicted octanol–water partition coefficient (Wildman–Crippen LogP) is 0.916. The van der Waals surface area contributed by atoms with Crippen molar-refractivity contribution in [3.8, 4) is 0 Å². The van der Waals surface area contributed by atoms with Gasteiger partial charge in [0.15, 0.2) is 5.82 Å². The maximum atomic E-state index is 11.7. The van der Waals surface area contributed by atoms with E-state index in [9.17, 15) is 4.79 Å². The smallest absolute Gasteiger partial charge is 0.275 e. The average molecular weight is 233 g/mol. The number of hydrogen-bond acceptors (Lipinski definition) is 6. The summed E-state index contributed by atoms with van der Waals surface area (Å²) in [6.07, 6.45) is 1.46. The van der Waals surface area contributed by atoms with E-state index in [-0.39, 0.29) is 11.6 Å². The van der Waals surface area contributed by atoms with Gasteiger partial charge in [0.05, 0.1) is 11.9 Å². The molecule has 0 saturated heterocycles. The van der Waals surface area contributed by atoms with Crippen LogP contribution < -0.4 is 16.6 Å². The summed E-state index contributed by atoms with van der Waals surface area (Å²) in [7, 11) is 0. The Kier molecular flexibility index (Phi) is 3.01. The molecule has 0 bridgehead atoms. The maximum Gasteiger partial charge on any atom is 0.275 e. The molecule has 2 aromatic heterocycles. The molecule has 0 atom stereocenters. The third kappa shape index (κ3) is 2.58. The van der Waals surface area contributed by atoms with Crippen molar-refractivity contribution in [1.82, 2.24) is 10.1 Å². The van der Waals surface area contributed by atoms with Crippen molar-refractivity contribution in [2.45, 2.75) is 6.92 Å². The van der Waals surface area contributed by atoms with Gasteiger partial charge in [0.25, 0.3) is 5.91 Å². The number of pyridine rings is 1. The lowest BCUT2D eigenvalue weighted by Gasteiger charge is -2.02. The Hall–Kier alpha value is -2.41. The van der Waals surface area contributed by atoms with Crippen LogP contribution in [0.3, 0.4) is 0 Å². The molecule has 0 aromatic carbocycles. The van der Waals surface area contributed by atoms with Crippen LogP contribution >= 0.6 is 0 Å². The number of nitrogen functional groups attached to an aromatic ring is 1. The van der Waals surface area contributed by atoms with Gasteiger partial charge in [-0.2, -0.15) is 0 Å². The molecule has 7 heteroatoms. The molecule has 0 aliphatic heterocycles. The molecule has 0 unspecified atom stereocenters. The summed E-state index contributed by atoms with van der Waals surface area (Å²) in [5, 5.41) is 6.21. The number of carbonyl (C=O) groups is 1. The first kappa shape index (κ1) is 11.1. The van der Waals surface area contributed by atoms with Crippen molar-refractivity contribution in [1.29, 1.82) is 0 Å². The molecule has 7 nitrogen and oxygen atoms in total. The second kappa shape index (κ2) is 4.62. The number of carbonyl (C=O) groups excluding carboxylic acids is 1. The highest BCUT2D eigenvalue weighted by molar-refractivity contribution is 6.02. The van der Waals surface area contributed by atoms with Crippen molar-refractivity contribution in [2.24, 2.45) is 5.84 Å². The van der Waals surface area contributed by atoms with Gasteiger partial charge in [-0.15, -0.1) is 0 Å². The zero-order valence-electron chi connectivity index (χ0n) is 9.10. The second-order valence-corrected chi connectivity index (χ2v) is 3.35. The number of anilines is 2. The van der Waals surface area contributed by atoms with E-state index in [4.69, 9.17) is 10.4 Å². The summed E-state index contributed by atoms with van der Waals surface area (Å²) in [6, 6.07) is 4.82. The SMILES string of the molecule is Cc1cc(NC(=O)c2ccc(NN)cn2)no1. The lowest BCUT2D eigenvalue weighted by molar-refractivity contribution is 0.102. The van der Waals surface area contributed by atoms with E-state index in [2.05, 4.69) is 20.9 Å². The van der Waals surface area contributed by atoms with Gasteiger partial charge in [-0.1, -0.05) is 5.16 Å². The molecule has 0 aliphatic carbocycles.